The monoisotopic (exact) mass is 368 g/mol. The SMILES string of the molecule is C=C(Nc1ccc(OCCc2ccc(OC)c(CC)c2)cc1)[C@@](C)(N)CC. The predicted octanol–water partition coefficient (Wildman–Crippen LogP) is 4.93. The number of hydrogen-bond donors (Lipinski definition) is 2. The zero-order valence-corrected chi connectivity index (χ0v) is 17.0. The zero-order chi connectivity index (χ0) is 19.9. The Morgan fingerprint density at radius 1 is 1.15 bits per heavy atom. The van der Waals surface area contributed by atoms with E-state index in [1.54, 1.807) is 7.11 Å². The first-order chi connectivity index (χ1) is 12.9. The van der Waals surface area contributed by atoms with E-state index >= 15 is 0 Å². The minimum atomic E-state index is -0.426. The molecule has 4 heteroatoms. The lowest BCUT2D eigenvalue weighted by Gasteiger charge is -2.26. The van der Waals surface area contributed by atoms with Crippen LogP contribution in [0.4, 0.5) is 5.69 Å². The van der Waals surface area contributed by atoms with Crippen molar-refractivity contribution < 1.29 is 9.47 Å². The summed E-state index contributed by atoms with van der Waals surface area (Å²) in [5.74, 6) is 1.80. The molecule has 0 aliphatic rings. The average Bonchev–Trinajstić information content (AvgIpc) is 2.69. The molecule has 0 aliphatic carbocycles. The van der Waals surface area contributed by atoms with Crippen molar-refractivity contribution in [1.29, 1.82) is 0 Å². The van der Waals surface area contributed by atoms with E-state index in [1.807, 2.05) is 37.3 Å². The van der Waals surface area contributed by atoms with Gasteiger partial charge in [0.15, 0.2) is 0 Å². The lowest BCUT2D eigenvalue weighted by atomic mass is 9.96. The van der Waals surface area contributed by atoms with Crippen LogP contribution in [-0.2, 0) is 12.8 Å². The van der Waals surface area contributed by atoms with Crippen molar-refractivity contribution in [2.24, 2.45) is 5.73 Å². The summed E-state index contributed by atoms with van der Waals surface area (Å²) in [6.45, 7) is 10.8. The van der Waals surface area contributed by atoms with E-state index in [-0.39, 0.29) is 0 Å². The largest absolute Gasteiger partial charge is 0.496 e. The minimum absolute atomic E-state index is 0.426. The van der Waals surface area contributed by atoms with Gasteiger partial charge >= 0.3 is 0 Å². The van der Waals surface area contributed by atoms with Crippen molar-refractivity contribution in [2.75, 3.05) is 19.0 Å². The normalized spacial score (nSPS) is 12.9. The Balaban J connectivity index is 1.87. The maximum Gasteiger partial charge on any atom is 0.122 e. The van der Waals surface area contributed by atoms with Gasteiger partial charge in [0.05, 0.1) is 19.3 Å². The quantitative estimate of drug-likeness (QED) is 0.624. The Kier molecular flexibility index (Phi) is 7.31. The van der Waals surface area contributed by atoms with Crippen molar-refractivity contribution in [3.63, 3.8) is 0 Å². The summed E-state index contributed by atoms with van der Waals surface area (Å²) in [5, 5.41) is 3.28. The highest BCUT2D eigenvalue weighted by Gasteiger charge is 2.19. The average molecular weight is 369 g/mol. The topological polar surface area (TPSA) is 56.5 Å². The lowest BCUT2D eigenvalue weighted by Crippen LogP contribution is -2.39. The summed E-state index contributed by atoms with van der Waals surface area (Å²) in [6, 6.07) is 14.2. The minimum Gasteiger partial charge on any atom is -0.496 e. The molecule has 0 saturated carbocycles. The molecule has 0 amide bonds. The van der Waals surface area contributed by atoms with Gasteiger partial charge in [-0.05, 0) is 61.2 Å². The molecule has 2 aromatic carbocycles. The van der Waals surface area contributed by atoms with Crippen LogP contribution in [0.15, 0.2) is 54.7 Å². The highest BCUT2D eigenvalue weighted by molar-refractivity contribution is 5.51. The summed E-state index contributed by atoms with van der Waals surface area (Å²) in [6.07, 6.45) is 2.64. The van der Waals surface area contributed by atoms with Gasteiger partial charge in [0.2, 0.25) is 0 Å². The van der Waals surface area contributed by atoms with E-state index in [4.69, 9.17) is 15.2 Å². The molecule has 0 heterocycles. The van der Waals surface area contributed by atoms with Gasteiger partial charge in [-0.15, -0.1) is 0 Å². The van der Waals surface area contributed by atoms with Crippen molar-refractivity contribution in [2.45, 2.75) is 45.6 Å². The van der Waals surface area contributed by atoms with E-state index in [2.05, 4.69) is 37.9 Å². The highest BCUT2D eigenvalue weighted by Crippen LogP contribution is 2.23. The van der Waals surface area contributed by atoms with Gasteiger partial charge in [0.25, 0.3) is 0 Å². The first-order valence-corrected chi connectivity index (χ1v) is 9.53. The molecule has 0 saturated heterocycles. The molecule has 0 spiro atoms. The van der Waals surface area contributed by atoms with E-state index < -0.39 is 5.54 Å². The third-order valence-electron chi connectivity index (χ3n) is 4.96. The van der Waals surface area contributed by atoms with Crippen LogP contribution in [0.25, 0.3) is 0 Å². The van der Waals surface area contributed by atoms with Crippen LogP contribution in [0.2, 0.25) is 0 Å². The molecule has 2 aromatic rings. The highest BCUT2D eigenvalue weighted by atomic mass is 16.5. The standard InChI is InChI=1S/C23H32N2O2/c1-6-19-16-18(8-13-22(19)26-5)14-15-27-21-11-9-20(10-12-21)25-17(3)23(4,24)7-2/h8-13,16,25H,3,6-7,14-15,24H2,1-2,4-5H3/t23-/m0/s1. The van der Waals surface area contributed by atoms with Crippen molar-refractivity contribution >= 4 is 5.69 Å². The van der Waals surface area contributed by atoms with E-state index in [1.165, 1.54) is 11.1 Å². The molecular formula is C23H32N2O2. The molecule has 27 heavy (non-hydrogen) atoms. The van der Waals surface area contributed by atoms with Gasteiger partial charge < -0.3 is 20.5 Å². The van der Waals surface area contributed by atoms with Gasteiger partial charge in [-0.25, -0.2) is 0 Å². The number of nitrogens with two attached hydrogens (primary N) is 1. The Morgan fingerprint density at radius 3 is 2.44 bits per heavy atom. The molecular weight excluding hydrogens is 336 g/mol. The number of anilines is 1. The first kappa shape index (κ1) is 20.8. The van der Waals surface area contributed by atoms with Gasteiger partial charge in [-0.1, -0.05) is 32.6 Å². The maximum atomic E-state index is 6.20. The number of hydrogen-bond acceptors (Lipinski definition) is 4. The summed E-state index contributed by atoms with van der Waals surface area (Å²) in [5.41, 5.74) is 10.0. The van der Waals surface area contributed by atoms with Gasteiger partial charge in [0.1, 0.15) is 11.5 Å². The van der Waals surface area contributed by atoms with E-state index in [9.17, 15) is 0 Å². The van der Waals surface area contributed by atoms with E-state index in [0.29, 0.717) is 6.61 Å². The molecule has 1 atom stereocenters. The molecule has 0 radical (unpaired) electrons. The summed E-state index contributed by atoms with van der Waals surface area (Å²) >= 11 is 0. The third kappa shape index (κ3) is 5.76. The fourth-order valence-electron chi connectivity index (χ4n) is 2.72. The number of rotatable bonds is 10. The van der Waals surface area contributed by atoms with Crippen molar-refractivity contribution in [1.82, 2.24) is 0 Å². The summed E-state index contributed by atoms with van der Waals surface area (Å²) in [7, 11) is 1.71. The molecule has 0 aliphatic heterocycles. The Morgan fingerprint density at radius 2 is 1.85 bits per heavy atom. The fourth-order valence-corrected chi connectivity index (χ4v) is 2.72. The van der Waals surface area contributed by atoms with Crippen LogP contribution in [0.5, 0.6) is 11.5 Å². The number of nitrogens with one attached hydrogen (secondary N) is 1. The molecule has 0 fully saturated rings. The second-order valence-corrected chi connectivity index (χ2v) is 7.00. The molecule has 0 bridgehead atoms. The van der Waals surface area contributed by atoms with E-state index in [0.717, 1.165) is 42.1 Å². The Hall–Kier alpha value is -2.46. The second kappa shape index (κ2) is 9.47. The predicted molar refractivity (Wildman–Crippen MR) is 114 cm³/mol. The molecule has 4 nitrogen and oxygen atoms in total. The summed E-state index contributed by atoms with van der Waals surface area (Å²) < 4.78 is 11.3. The van der Waals surface area contributed by atoms with Crippen LogP contribution in [-0.4, -0.2) is 19.3 Å². The van der Waals surface area contributed by atoms with Crippen LogP contribution in [0.1, 0.15) is 38.3 Å². The molecule has 0 aromatic heterocycles. The Labute approximate surface area is 163 Å². The van der Waals surface area contributed by atoms with Gasteiger partial charge in [0, 0.05) is 17.8 Å². The smallest absolute Gasteiger partial charge is 0.122 e. The molecule has 2 rings (SSSR count). The zero-order valence-electron chi connectivity index (χ0n) is 17.0. The maximum absolute atomic E-state index is 6.20. The number of benzene rings is 2. The lowest BCUT2D eigenvalue weighted by molar-refractivity contribution is 0.322. The first-order valence-electron chi connectivity index (χ1n) is 9.53. The number of methoxy groups -OCH3 is 1. The second-order valence-electron chi connectivity index (χ2n) is 7.00. The number of aryl methyl sites for hydroxylation is 1. The molecule has 0 unspecified atom stereocenters. The van der Waals surface area contributed by atoms with Crippen LogP contribution in [0.3, 0.4) is 0 Å². The van der Waals surface area contributed by atoms with Crippen LogP contribution >= 0.6 is 0 Å². The van der Waals surface area contributed by atoms with Crippen LogP contribution in [0, 0.1) is 0 Å². The number of ether oxygens (including phenoxy) is 2. The van der Waals surface area contributed by atoms with Crippen molar-refractivity contribution in [3.8, 4) is 11.5 Å². The Bertz CT molecular complexity index is 751. The summed E-state index contributed by atoms with van der Waals surface area (Å²) in [4.78, 5) is 0. The molecule has 146 valence electrons. The van der Waals surface area contributed by atoms with Crippen molar-refractivity contribution in [3.05, 3.63) is 65.9 Å². The molecule has 3 N–H and O–H groups in total. The third-order valence-corrected chi connectivity index (χ3v) is 4.96. The van der Waals surface area contributed by atoms with Crippen LogP contribution < -0.4 is 20.5 Å². The van der Waals surface area contributed by atoms with Gasteiger partial charge in [-0.3, -0.25) is 0 Å². The fraction of sp³-hybridized carbons (Fsp3) is 0.391. The van der Waals surface area contributed by atoms with Gasteiger partial charge in [-0.2, -0.15) is 0 Å².